The summed E-state index contributed by atoms with van der Waals surface area (Å²) >= 11 is 8.93. The van der Waals surface area contributed by atoms with E-state index in [1.54, 1.807) is 6.20 Å². The second kappa shape index (κ2) is 4.93. The molecule has 2 rings (SSSR count). The number of rotatable bonds is 2. The smallest absolute Gasteiger partial charge is 0.306 e. The average Bonchev–Trinajstić information content (AvgIpc) is 2.75. The lowest BCUT2D eigenvalue weighted by molar-refractivity contribution is -0.137. The fourth-order valence-electron chi connectivity index (χ4n) is 1.46. The first kappa shape index (κ1) is 13.4. The molecule has 0 amide bonds. The Labute approximate surface area is 115 Å². The van der Waals surface area contributed by atoms with Crippen LogP contribution in [0.1, 0.15) is 11.3 Å². The van der Waals surface area contributed by atoms with Gasteiger partial charge in [-0.3, -0.25) is 0 Å². The van der Waals surface area contributed by atoms with Crippen LogP contribution >= 0.6 is 27.5 Å². The van der Waals surface area contributed by atoms with E-state index in [-0.39, 0.29) is 5.02 Å². The highest BCUT2D eigenvalue weighted by molar-refractivity contribution is 9.08. The van der Waals surface area contributed by atoms with E-state index in [4.69, 9.17) is 11.6 Å². The molecule has 0 aliphatic rings. The van der Waals surface area contributed by atoms with E-state index in [1.165, 1.54) is 17.0 Å². The number of benzene rings is 1. The third kappa shape index (κ3) is 2.87. The first-order valence-electron chi connectivity index (χ1n) is 4.87. The first-order valence-corrected chi connectivity index (χ1v) is 6.37. The van der Waals surface area contributed by atoms with Crippen molar-refractivity contribution >= 4 is 27.5 Å². The molecular formula is C11H7BrClF3N2. The van der Waals surface area contributed by atoms with Crippen molar-refractivity contribution in [3.63, 3.8) is 0 Å². The standard InChI is InChI=1S/C11H7BrClF3N2/c12-4-9-5-18(6-17-9)10-2-7(11(14,15)16)1-8(13)3-10/h1-3,5-6H,4H2. The van der Waals surface area contributed by atoms with Gasteiger partial charge in [-0.05, 0) is 18.2 Å². The maximum Gasteiger partial charge on any atom is 0.416 e. The normalized spacial score (nSPS) is 11.8. The van der Waals surface area contributed by atoms with Crippen molar-refractivity contribution in [1.29, 1.82) is 0 Å². The van der Waals surface area contributed by atoms with Crippen molar-refractivity contribution in [2.24, 2.45) is 0 Å². The van der Waals surface area contributed by atoms with Crippen molar-refractivity contribution in [3.05, 3.63) is 47.0 Å². The van der Waals surface area contributed by atoms with Crippen LogP contribution in [0.15, 0.2) is 30.7 Å². The van der Waals surface area contributed by atoms with Crippen LogP contribution in [0.5, 0.6) is 0 Å². The third-order valence-corrected chi connectivity index (χ3v) is 3.07. The molecule has 0 bridgehead atoms. The summed E-state index contributed by atoms with van der Waals surface area (Å²) in [4.78, 5) is 4.02. The monoisotopic (exact) mass is 338 g/mol. The highest BCUT2D eigenvalue weighted by Crippen LogP contribution is 2.32. The number of nitrogens with zero attached hydrogens (tertiary/aromatic N) is 2. The van der Waals surface area contributed by atoms with Crippen LogP contribution in [0.25, 0.3) is 5.69 Å². The highest BCUT2D eigenvalue weighted by atomic mass is 79.9. The molecule has 0 unspecified atom stereocenters. The van der Waals surface area contributed by atoms with Gasteiger partial charge in [0.1, 0.15) is 0 Å². The Morgan fingerprint density at radius 1 is 1.28 bits per heavy atom. The van der Waals surface area contributed by atoms with Crippen molar-refractivity contribution in [2.45, 2.75) is 11.5 Å². The zero-order valence-electron chi connectivity index (χ0n) is 8.88. The van der Waals surface area contributed by atoms with Gasteiger partial charge in [0.05, 0.1) is 17.6 Å². The molecule has 1 heterocycles. The van der Waals surface area contributed by atoms with Crippen LogP contribution in [0.4, 0.5) is 13.2 Å². The molecule has 1 aromatic heterocycles. The molecule has 96 valence electrons. The van der Waals surface area contributed by atoms with Crippen molar-refractivity contribution in [3.8, 4) is 5.69 Å². The number of imidazole rings is 1. The Morgan fingerprint density at radius 3 is 2.56 bits per heavy atom. The Kier molecular flexibility index (Phi) is 3.68. The molecule has 0 fully saturated rings. The number of alkyl halides is 4. The average molecular weight is 340 g/mol. The summed E-state index contributed by atoms with van der Waals surface area (Å²) in [5.41, 5.74) is 0.275. The van der Waals surface area contributed by atoms with Crippen LogP contribution in [-0.2, 0) is 11.5 Å². The SMILES string of the molecule is FC(F)(F)c1cc(Cl)cc(-n2cnc(CBr)c2)c1. The van der Waals surface area contributed by atoms with E-state index in [9.17, 15) is 13.2 Å². The lowest BCUT2D eigenvalue weighted by Gasteiger charge is -2.10. The van der Waals surface area contributed by atoms with Crippen molar-refractivity contribution < 1.29 is 13.2 Å². The van der Waals surface area contributed by atoms with E-state index in [2.05, 4.69) is 20.9 Å². The molecule has 18 heavy (non-hydrogen) atoms. The molecule has 0 atom stereocenters. The molecule has 2 nitrogen and oxygen atoms in total. The van der Waals surface area contributed by atoms with Gasteiger partial charge in [-0.25, -0.2) is 4.98 Å². The van der Waals surface area contributed by atoms with Gasteiger partial charge in [0.2, 0.25) is 0 Å². The quantitative estimate of drug-likeness (QED) is 0.740. The Morgan fingerprint density at radius 2 is 2.00 bits per heavy atom. The molecule has 0 aliphatic carbocycles. The maximum absolute atomic E-state index is 12.6. The van der Waals surface area contributed by atoms with E-state index in [1.807, 2.05) is 0 Å². The molecule has 1 aromatic carbocycles. The fourth-order valence-corrected chi connectivity index (χ4v) is 1.98. The van der Waals surface area contributed by atoms with E-state index < -0.39 is 11.7 Å². The summed E-state index contributed by atoms with van der Waals surface area (Å²) in [6.45, 7) is 0. The summed E-state index contributed by atoms with van der Waals surface area (Å²) in [6, 6.07) is 3.38. The molecule has 0 saturated carbocycles. The van der Waals surface area contributed by atoms with E-state index >= 15 is 0 Å². The Hall–Kier alpha value is -1.01. The van der Waals surface area contributed by atoms with Gasteiger partial charge in [-0.1, -0.05) is 27.5 Å². The number of hydrogen-bond donors (Lipinski definition) is 0. The second-order valence-electron chi connectivity index (χ2n) is 3.60. The van der Waals surface area contributed by atoms with Gasteiger partial charge in [-0.15, -0.1) is 0 Å². The van der Waals surface area contributed by atoms with Gasteiger partial charge < -0.3 is 4.57 Å². The van der Waals surface area contributed by atoms with Crippen LogP contribution in [0.3, 0.4) is 0 Å². The Balaban J connectivity index is 2.48. The van der Waals surface area contributed by atoms with Gasteiger partial charge in [0.15, 0.2) is 0 Å². The van der Waals surface area contributed by atoms with Crippen molar-refractivity contribution in [1.82, 2.24) is 9.55 Å². The largest absolute Gasteiger partial charge is 0.416 e. The lowest BCUT2D eigenvalue weighted by atomic mass is 10.2. The summed E-state index contributed by atoms with van der Waals surface area (Å²) < 4.78 is 39.4. The van der Waals surface area contributed by atoms with Gasteiger partial charge in [0.25, 0.3) is 0 Å². The third-order valence-electron chi connectivity index (χ3n) is 2.28. The maximum atomic E-state index is 12.6. The van der Waals surface area contributed by atoms with Gasteiger partial charge in [-0.2, -0.15) is 13.2 Å². The number of aromatic nitrogens is 2. The predicted molar refractivity (Wildman–Crippen MR) is 66.2 cm³/mol. The number of halogens is 5. The zero-order chi connectivity index (χ0) is 13.3. The van der Waals surface area contributed by atoms with Crippen LogP contribution in [0, 0.1) is 0 Å². The topological polar surface area (TPSA) is 17.8 Å². The predicted octanol–water partition coefficient (Wildman–Crippen LogP) is 4.44. The summed E-state index contributed by atoms with van der Waals surface area (Å²) in [5, 5.41) is 0.570. The number of hydrogen-bond acceptors (Lipinski definition) is 1. The molecule has 0 aliphatic heterocycles. The molecule has 0 N–H and O–H groups in total. The van der Waals surface area contributed by atoms with E-state index in [0.717, 1.165) is 17.8 Å². The summed E-state index contributed by atoms with van der Waals surface area (Å²) in [5.74, 6) is 0. The molecule has 0 spiro atoms. The molecule has 0 radical (unpaired) electrons. The Bertz CT molecular complexity index is 566. The molecule has 7 heteroatoms. The van der Waals surface area contributed by atoms with Crippen molar-refractivity contribution in [2.75, 3.05) is 0 Å². The van der Waals surface area contributed by atoms with Crippen LogP contribution < -0.4 is 0 Å². The minimum absolute atomic E-state index is 0.0360. The van der Waals surface area contributed by atoms with Crippen LogP contribution in [-0.4, -0.2) is 9.55 Å². The molecule has 0 saturated heterocycles. The highest BCUT2D eigenvalue weighted by Gasteiger charge is 2.31. The first-order chi connectivity index (χ1) is 8.40. The fraction of sp³-hybridized carbons (Fsp3) is 0.182. The minimum Gasteiger partial charge on any atom is -0.306 e. The summed E-state index contributed by atoms with van der Waals surface area (Å²) in [6.07, 6.45) is -1.33. The molecular weight excluding hydrogens is 332 g/mol. The minimum atomic E-state index is -4.42. The van der Waals surface area contributed by atoms with Crippen LogP contribution in [0.2, 0.25) is 5.02 Å². The summed E-state index contributed by atoms with van der Waals surface area (Å²) in [7, 11) is 0. The van der Waals surface area contributed by atoms with Gasteiger partial charge in [0, 0.05) is 22.2 Å². The van der Waals surface area contributed by atoms with E-state index in [0.29, 0.717) is 11.0 Å². The second-order valence-corrected chi connectivity index (χ2v) is 4.60. The van der Waals surface area contributed by atoms with Gasteiger partial charge >= 0.3 is 6.18 Å². The lowest BCUT2D eigenvalue weighted by Crippen LogP contribution is -2.06. The zero-order valence-corrected chi connectivity index (χ0v) is 11.2. The molecule has 2 aromatic rings.